The third kappa shape index (κ3) is 2.39. The van der Waals surface area contributed by atoms with E-state index in [2.05, 4.69) is 29.2 Å². The van der Waals surface area contributed by atoms with Crippen LogP contribution in [0.1, 0.15) is 30.0 Å². The van der Waals surface area contributed by atoms with Gasteiger partial charge in [-0.2, -0.15) is 0 Å². The van der Waals surface area contributed by atoms with Crippen LogP contribution in [0.15, 0.2) is 30.3 Å². The molecule has 5 rings (SSSR count). The van der Waals surface area contributed by atoms with Crippen molar-refractivity contribution in [3.05, 3.63) is 41.5 Å². The van der Waals surface area contributed by atoms with Crippen LogP contribution in [0.2, 0.25) is 0 Å². The summed E-state index contributed by atoms with van der Waals surface area (Å²) in [5.41, 5.74) is 9.47. The fourth-order valence-corrected chi connectivity index (χ4v) is 5.17. The normalized spacial score (nSPS) is 21.6. The second-order valence-electron chi connectivity index (χ2n) is 7.76. The Morgan fingerprint density at radius 3 is 2.32 bits per heavy atom. The highest BCUT2D eigenvalue weighted by Gasteiger charge is 2.38. The van der Waals surface area contributed by atoms with Crippen LogP contribution >= 0.6 is 0 Å². The van der Waals surface area contributed by atoms with Gasteiger partial charge in [-0.25, -0.2) is 0 Å². The maximum absolute atomic E-state index is 6.87. The van der Waals surface area contributed by atoms with E-state index in [1.807, 2.05) is 6.07 Å². The van der Waals surface area contributed by atoms with Gasteiger partial charge in [-0.3, -0.25) is 4.90 Å². The number of nitrogens with two attached hydrogens (primary N) is 1. The van der Waals surface area contributed by atoms with E-state index in [1.165, 1.54) is 28.3 Å². The van der Waals surface area contributed by atoms with Crippen LogP contribution in [-0.4, -0.2) is 38.8 Å². The molecule has 2 aliphatic rings. The van der Waals surface area contributed by atoms with Crippen LogP contribution in [-0.2, 0) is 6.54 Å². The molecule has 2 heterocycles. The molecule has 0 spiro atoms. The summed E-state index contributed by atoms with van der Waals surface area (Å²) >= 11 is 0. The molecule has 0 saturated carbocycles. The zero-order valence-corrected chi connectivity index (χ0v) is 16.6. The highest BCUT2D eigenvalue weighted by molar-refractivity contribution is 6.12. The van der Waals surface area contributed by atoms with Crippen molar-refractivity contribution < 1.29 is 14.2 Å². The predicted octanol–water partition coefficient (Wildman–Crippen LogP) is 4.00. The summed E-state index contributed by atoms with van der Waals surface area (Å²) in [5, 5.41) is 4.70. The van der Waals surface area contributed by atoms with Gasteiger partial charge in [0.25, 0.3) is 0 Å². The van der Waals surface area contributed by atoms with E-state index in [4.69, 9.17) is 19.9 Å². The summed E-state index contributed by atoms with van der Waals surface area (Å²) in [6, 6.07) is 10.9. The van der Waals surface area contributed by atoms with Crippen LogP contribution in [0.5, 0.6) is 17.2 Å². The van der Waals surface area contributed by atoms with Gasteiger partial charge in [0.1, 0.15) is 5.75 Å². The smallest absolute Gasteiger partial charge is 0.161 e. The van der Waals surface area contributed by atoms with Crippen molar-refractivity contribution >= 4 is 21.5 Å². The van der Waals surface area contributed by atoms with Gasteiger partial charge >= 0.3 is 0 Å². The fourth-order valence-electron chi connectivity index (χ4n) is 5.17. The number of ether oxygens (including phenoxy) is 3. The quantitative estimate of drug-likeness (QED) is 0.698. The van der Waals surface area contributed by atoms with Gasteiger partial charge in [-0.15, -0.1) is 0 Å². The summed E-state index contributed by atoms with van der Waals surface area (Å²) in [7, 11) is 5.06. The van der Waals surface area contributed by atoms with Crippen LogP contribution in [0, 0.1) is 0 Å². The molecule has 0 radical (unpaired) electrons. The van der Waals surface area contributed by atoms with E-state index >= 15 is 0 Å². The zero-order chi connectivity index (χ0) is 19.4. The molecule has 1 saturated heterocycles. The van der Waals surface area contributed by atoms with E-state index < -0.39 is 0 Å². The first kappa shape index (κ1) is 17.6. The Balaban J connectivity index is 1.92. The molecule has 0 bridgehead atoms. The van der Waals surface area contributed by atoms with Crippen LogP contribution in [0.4, 0.5) is 0 Å². The highest BCUT2D eigenvalue weighted by atomic mass is 16.5. The second-order valence-corrected chi connectivity index (χ2v) is 7.76. The van der Waals surface area contributed by atoms with Gasteiger partial charge in [-0.1, -0.05) is 6.07 Å². The topological polar surface area (TPSA) is 57.0 Å². The minimum absolute atomic E-state index is 0.00153. The Morgan fingerprint density at radius 2 is 1.61 bits per heavy atom. The average molecular weight is 378 g/mol. The second kappa shape index (κ2) is 6.54. The molecular weight excluding hydrogens is 352 g/mol. The van der Waals surface area contributed by atoms with Gasteiger partial charge in [0.15, 0.2) is 11.5 Å². The van der Waals surface area contributed by atoms with Crippen LogP contribution in [0.25, 0.3) is 21.5 Å². The Bertz CT molecular complexity index is 1080. The first-order valence-corrected chi connectivity index (χ1v) is 9.84. The summed E-state index contributed by atoms with van der Waals surface area (Å²) in [6.07, 6.45) is 2.38. The van der Waals surface area contributed by atoms with E-state index in [1.54, 1.807) is 21.3 Å². The molecule has 0 amide bonds. The minimum atomic E-state index is -0.00153. The molecule has 2 atom stereocenters. The first-order chi connectivity index (χ1) is 13.7. The molecule has 3 aromatic rings. The number of hydrogen-bond donors (Lipinski definition) is 1. The zero-order valence-electron chi connectivity index (χ0n) is 16.6. The third-order valence-corrected chi connectivity index (χ3v) is 6.50. The number of fused-ring (bicyclic) bond motifs is 7. The molecular formula is C23H26N2O3. The van der Waals surface area contributed by atoms with Crippen molar-refractivity contribution in [2.45, 2.75) is 31.5 Å². The maximum Gasteiger partial charge on any atom is 0.161 e. The van der Waals surface area contributed by atoms with Crippen molar-refractivity contribution in [3.8, 4) is 17.2 Å². The summed E-state index contributed by atoms with van der Waals surface area (Å²) in [6.45, 7) is 2.07. The van der Waals surface area contributed by atoms with Crippen molar-refractivity contribution in [2.24, 2.45) is 5.73 Å². The van der Waals surface area contributed by atoms with Crippen molar-refractivity contribution in [1.29, 1.82) is 0 Å². The molecule has 0 aromatic heterocycles. The summed E-state index contributed by atoms with van der Waals surface area (Å²) in [4.78, 5) is 2.54. The monoisotopic (exact) mass is 378 g/mol. The van der Waals surface area contributed by atoms with Gasteiger partial charge in [0.2, 0.25) is 0 Å². The molecule has 5 nitrogen and oxygen atoms in total. The lowest BCUT2D eigenvalue weighted by atomic mass is 9.82. The number of hydrogen-bond acceptors (Lipinski definition) is 5. The Hall–Kier alpha value is -2.50. The average Bonchev–Trinajstić information content (AvgIpc) is 3.21. The molecule has 2 aliphatic heterocycles. The molecule has 3 aromatic carbocycles. The Morgan fingerprint density at radius 1 is 0.893 bits per heavy atom. The molecule has 5 heteroatoms. The predicted molar refractivity (Wildman–Crippen MR) is 111 cm³/mol. The van der Waals surface area contributed by atoms with Gasteiger partial charge < -0.3 is 19.9 Å². The van der Waals surface area contributed by atoms with Gasteiger partial charge in [-0.05, 0) is 76.3 Å². The SMILES string of the molecule is COc1ccc2c3c(c4cc(OC)c(OC)cc4c2c1)[C@H](N)[C@@H]1CCCN1C3. The van der Waals surface area contributed by atoms with Gasteiger partial charge in [0, 0.05) is 18.6 Å². The summed E-state index contributed by atoms with van der Waals surface area (Å²) in [5.74, 6) is 2.31. The maximum atomic E-state index is 6.87. The molecule has 2 N–H and O–H groups in total. The van der Waals surface area contributed by atoms with Crippen molar-refractivity contribution in [2.75, 3.05) is 27.9 Å². The fraction of sp³-hybridized carbons (Fsp3) is 0.391. The molecule has 0 unspecified atom stereocenters. The largest absolute Gasteiger partial charge is 0.497 e. The lowest BCUT2D eigenvalue weighted by molar-refractivity contribution is 0.200. The van der Waals surface area contributed by atoms with E-state index in [9.17, 15) is 0 Å². The van der Waals surface area contributed by atoms with Crippen LogP contribution < -0.4 is 19.9 Å². The lowest BCUT2D eigenvalue weighted by Gasteiger charge is -2.38. The van der Waals surface area contributed by atoms with E-state index in [0.29, 0.717) is 6.04 Å². The Kier molecular flexibility index (Phi) is 4.11. The third-order valence-electron chi connectivity index (χ3n) is 6.50. The Labute approximate surface area is 165 Å². The van der Waals surface area contributed by atoms with Crippen molar-refractivity contribution in [3.63, 3.8) is 0 Å². The minimum Gasteiger partial charge on any atom is -0.497 e. The number of methoxy groups -OCH3 is 3. The highest BCUT2D eigenvalue weighted by Crippen LogP contribution is 2.46. The number of rotatable bonds is 3. The number of benzene rings is 3. The van der Waals surface area contributed by atoms with E-state index in [0.717, 1.165) is 47.5 Å². The molecule has 0 aliphatic carbocycles. The lowest BCUT2D eigenvalue weighted by Crippen LogP contribution is -2.42. The first-order valence-electron chi connectivity index (χ1n) is 9.84. The standard InChI is InChI=1S/C23H26N2O3/c1-26-13-6-7-14-15(9-13)16-10-20(27-2)21(28-3)11-17(16)22-18(14)12-25-8-4-5-19(25)23(22)24/h6-7,9-11,19,23H,4-5,8,12,24H2,1-3H3/t19-,23+/m0/s1. The number of nitrogens with zero attached hydrogens (tertiary/aromatic N) is 1. The molecule has 1 fully saturated rings. The van der Waals surface area contributed by atoms with Crippen molar-refractivity contribution in [1.82, 2.24) is 4.90 Å². The van der Waals surface area contributed by atoms with E-state index in [-0.39, 0.29) is 6.04 Å². The molecule has 28 heavy (non-hydrogen) atoms. The summed E-state index contributed by atoms with van der Waals surface area (Å²) < 4.78 is 16.7. The van der Waals surface area contributed by atoms with Crippen LogP contribution in [0.3, 0.4) is 0 Å². The molecule has 146 valence electrons. The van der Waals surface area contributed by atoms with Gasteiger partial charge in [0.05, 0.1) is 21.3 Å².